The molecule has 2 rings (SSSR count). The molecule has 1 saturated heterocycles. The van der Waals surface area contributed by atoms with Crippen molar-refractivity contribution in [2.24, 2.45) is 17.1 Å². The van der Waals surface area contributed by atoms with Crippen molar-refractivity contribution in [3.8, 4) is 0 Å². The van der Waals surface area contributed by atoms with Crippen LogP contribution in [0.3, 0.4) is 0 Å². The molecule has 0 aromatic heterocycles. The van der Waals surface area contributed by atoms with E-state index in [0.29, 0.717) is 17.4 Å². The fraction of sp³-hybridized carbons (Fsp3) is 1.00. The first-order chi connectivity index (χ1) is 8.90. The van der Waals surface area contributed by atoms with Crippen molar-refractivity contribution in [2.75, 3.05) is 33.7 Å². The highest BCUT2D eigenvalue weighted by Gasteiger charge is 2.37. The average Bonchev–Trinajstić information content (AvgIpc) is 2.35. The van der Waals surface area contributed by atoms with Crippen LogP contribution in [0.1, 0.15) is 46.0 Å². The molecule has 1 heterocycles. The van der Waals surface area contributed by atoms with Gasteiger partial charge in [-0.3, -0.25) is 0 Å². The molecular formula is C16H33N3. The predicted octanol–water partition coefficient (Wildman–Crippen LogP) is 2.17. The summed E-state index contributed by atoms with van der Waals surface area (Å²) >= 11 is 0. The standard InChI is InChI=1S/C16H33N3/c1-16(2)9-5-7-13(15(16)17)11-19-10-6-8-14(12-19)18(3)4/h13-15H,5-12,17H2,1-4H3. The van der Waals surface area contributed by atoms with Gasteiger partial charge in [0, 0.05) is 25.2 Å². The van der Waals surface area contributed by atoms with Crippen LogP contribution in [0.4, 0.5) is 0 Å². The lowest BCUT2D eigenvalue weighted by atomic mass is 9.68. The average molecular weight is 267 g/mol. The molecule has 19 heavy (non-hydrogen) atoms. The highest BCUT2D eigenvalue weighted by Crippen LogP contribution is 2.38. The Hall–Kier alpha value is -0.120. The molecule has 1 aliphatic carbocycles. The van der Waals surface area contributed by atoms with Gasteiger partial charge in [-0.05, 0) is 57.7 Å². The second-order valence-electron chi connectivity index (χ2n) is 7.69. The smallest absolute Gasteiger partial charge is 0.0217 e. The van der Waals surface area contributed by atoms with Crippen LogP contribution in [0.5, 0.6) is 0 Å². The number of piperidine rings is 1. The summed E-state index contributed by atoms with van der Waals surface area (Å²) in [5.41, 5.74) is 6.86. The molecule has 112 valence electrons. The number of hydrogen-bond acceptors (Lipinski definition) is 3. The molecule has 1 saturated carbocycles. The number of likely N-dealkylation sites (N-methyl/N-ethyl adjacent to an activating group) is 1. The Balaban J connectivity index is 1.89. The minimum absolute atomic E-state index is 0.333. The molecule has 2 N–H and O–H groups in total. The SMILES string of the molecule is CN(C)C1CCCN(CC2CCCC(C)(C)C2N)C1. The van der Waals surface area contributed by atoms with Crippen molar-refractivity contribution in [1.29, 1.82) is 0 Å². The number of nitrogens with zero attached hydrogens (tertiary/aromatic N) is 2. The summed E-state index contributed by atoms with van der Waals surface area (Å²) in [5.74, 6) is 0.699. The molecule has 2 fully saturated rings. The minimum atomic E-state index is 0.333. The van der Waals surface area contributed by atoms with E-state index in [4.69, 9.17) is 5.73 Å². The number of nitrogens with two attached hydrogens (primary N) is 1. The summed E-state index contributed by atoms with van der Waals surface area (Å²) in [6.45, 7) is 8.42. The second-order valence-corrected chi connectivity index (χ2v) is 7.69. The number of rotatable bonds is 3. The van der Waals surface area contributed by atoms with Crippen LogP contribution in [0.2, 0.25) is 0 Å². The summed E-state index contributed by atoms with van der Waals surface area (Å²) in [4.78, 5) is 5.05. The van der Waals surface area contributed by atoms with E-state index in [1.165, 1.54) is 51.7 Å². The Kier molecular flexibility index (Phi) is 4.91. The fourth-order valence-electron chi connectivity index (χ4n) is 3.96. The normalized spacial score (nSPS) is 36.6. The van der Waals surface area contributed by atoms with E-state index in [1.54, 1.807) is 0 Å². The van der Waals surface area contributed by atoms with Gasteiger partial charge in [-0.25, -0.2) is 0 Å². The monoisotopic (exact) mass is 267 g/mol. The topological polar surface area (TPSA) is 32.5 Å². The molecule has 3 nitrogen and oxygen atoms in total. The van der Waals surface area contributed by atoms with E-state index in [0.717, 1.165) is 6.04 Å². The zero-order valence-corrected chi connectivity index (χ0v) is 13.4. The molecule has 3 heteroatoms. The van der Waals surface area contributed by atoms with Gasteiger partial charge in [0.15, 0.2) is 0 Å². The van der Waals surface area contributed by atoms with E-state index in [9.17, 15) is 0 Å². The van der Waals surface area contributed by atoms with Crippen molar-refractivity contribution in [3.05, 3.63) is 0 Å². The summed E-state index contributed by atoms with van der Waals surface area (Å²) in [7, 11) is 4.42. The Morgan fingerprint density at radius 2 is 1.95 bits per heavy atom. The Morgan fingerprint density at radius 3 is 2.63 bits per heavy atom. The maximum atomic E-state index is 6.53. The molecule has 1 aliphatic heterocycles. The fourth-order valence-corrected chi connectivity index (χ4v) is 3.96. The first-order valence-corrected chi connectivity index (χ1v) is 8.04. The van der Waals surface area contributed by atoms with Crippen molar-refractivity contribution in [2.45, 2.75) is 58.0 Å². The largest absolute Gasteiger partial charge is 0.327 e. The van der Waals surface area contributed by atoms with Gasteiger partial charge in [0.1, 0.15) is 0 Å². The summed E-state index contributed by atoms with van der Waals surface area (Å²) in [6.07, 6.45) is 6.68. The van der Waals surface area contributed by atoms with Gasteiger partial charge in [0.05, 0.1) is 0 Å². The van der Waals surface area contributed by atoms with Gasteiger partial charge in [-0.15, -0.1) is 0 Å². The van der Waals surface area contributed by atoms with Crippen LogP contribution in [0.15, 0.2) is 0 Å². The highest BCUT2D eigenvalue weighted by molar-refractivity contribution is 4.93. The third-order valence-corrected chi connectivity index (χ3v) is 5.51. The van der Waals surface area contributed by atoms with Crippen molar-refractivity contribution < 1.29 is 0 Å². The zero-order chi connectivity index (χ0) is 14.0. The van der Waals surface area contributed by atoms with Gasteiger partial charge >= 0.3 is 0 Å². The van der Waals surface area contributed by atoms with Gasteiger partial charge in [0.2, 0.25) is 0 Å². The van der Waals surface area contributed by atoms with Crippen molar-refractivity contribution in [1.82, 2.24) is 9.80 Å². The Bertz CT molecular complexity index is 288. The lowest BCUT2D eigenvalue weighted by molar-refractivity contribution is 0.0718. The first kappa shape index (κ1) is 15.3. The van der Waals surface area contributed by atoms with E-state index in [-0.39, 0.29) is 0 Å². The number of hydrogen-bond donors (Lipinski definition) is 1. The van der Waals surface area contributed by atoms with Gasteiger partial charge in [0.25, 0.3) is 0 Å². The van der Waals surface area contributed by atoms with E-state index < -0.39 is 0 Å². The van der Waals surface area contributed by atoms with Crippen LogP contribution in [-0.2, 0) is 0 Å². The maximum Gasteiger partial charge on any atom is 0.0217 e. The highest BCUT2D eigenvalue weighted by atomic mass is 15.2. The minimum Gasteiger partial charge on any atom is -0.327 e. The third-order valence-electron chi connectivity index (χ3n) is 5.51. The van der Waals surface area contributed by atoms with E-state index in [2.05, 4.69) is 37.7 Å². The molecular weight excluding hydrogens is 234 g/mol. The lowest BCUT2D eigenvalue weighted by Crippen LogP contribution is -2.53. The van der Waals surface area contributed by atoms with Crippen molar-refractivity contribution in [3.63, 3.8) is 0 Å². The third kappa shape index (κ3) is 3.71. The molecule has 0 bridgehead atoms. The van der Waals surface area contributed by atoms with Gasteiger partial charge < -0.3 is 15.5 Å². The molecule has 0 aromatic rings. The van der Waals surface area contributed by atoms with E-state index in [1.807, 2.05) is 0 Å². The van der Waals surface area contributed by atoms with E-state index >= 15 is 0 Å². The Morgan fingerprint density at radius 1 is 1.21 bits per heavy atom. The van der Waals surface area contributed by atoms with Crippen molar-refractivity contribution >= 4 is 0 Å². The van der Waals surface area contributed by atoms with Crippen LogP contribution in [0.25, 0.3) is 0 Å². The quantitative estimate of drug-likeness (QED) is 0.850. The maximum absolute atomic E-state index is 6.53. The number of likely N-dealkylation sites (tertiary alicyclic amines) is 1. The lowest BCUT2D eigenvalue weighted by Gasteiger charge is -2.45. The first-order valence-electron chi connectivity index (χ1n) is 8.04. The van der Waals surface area contributed by atoms with Crippen LogP contribution >= 0.6 is 0 Å². The molecule has 3 unspecified atom stereocenters. The summed E-state index contributed by atoms with van der Waals surface area (Å²) < 4.78 is 0. The van der Waals surface area contributed by atoms with Gasteiger partial charge in [-0.2, -0.15) is 0 Å². The molecule has 2 aliphatic rings. The molecule has 0 aromatic carbocycles. The van der Waals surface area contributed by atoms with Crippen LogP contribution in [0, 0.1) is 11.3 Å². The van der Waals surface area contributed by atoms with Crippen LogP contribution < -0.4 is 5.73 Å². The second kappa shape index (κ2) is 6.11. The van der Waals surface area contributed by atoms with Crippen LogP contribution in [-0.4, -0.2) is 55.6 Å². The van der Waals surface area contributed by atoms with Gasteiger partial charge in [-0.1, -0.05) is 20.3 Å². The summed E-state index contributed by atoms with van der Waals surface area (Å²) in [6, 6.07) is 1.11. The zero-order valence-electron chi connectivity index (χ0n) is 13.4. The summed E-state index contributed by atoms with van der Waals surface area (Å²) in [5, 5.41) is 0. The molecule has 0 spiro atoms. The molecule has 0 amide bonds. The predicted molar refractivity (Wildman–Crippen MR) is 82.2 cm³/mol. The molecule has 0 radical (unpaired) electrons. The molecule has 3 atom stereocenters. The Labute approximate surface area is 119 Å².